The van der Waals surface area contributed by atoms with Gasteiger partial charge in [-0.3, -0.25) is 9.69 Å². The van der Waals surface area contributed by atoms with Crippen molar-refractivity contribution in [3.8, 4) is 0 Å². The van der Waals surface area contributed by atoms with Crippen molar-refractivity contribution < 1.29 is 4.79 Å². The zero-order valence-corrected chi connectivity index (χ0v) is 14.9. The highest BCUT2D eigenvalue weighted by Gasteiger charge is 2.50. The molecule has 0 saturated carbocycles. The normalized spacial score (nSPS) is 28.3. The first-order valence-corrected chi connectivity index (χ1v) is 9.07. The molecular formula is C17H22N2OS2. The van der Waals surface area contributed by atoms with E-state index in [1.165, 1.54) is 5.56 Å². The molecule has 118 valence electrons. The van der Waals surface area contributed by atoms with E-state index in [2.05, 4.69) is 35.2 Å². The van der Waals surface area contributed by atoms with E-state index in [9.17, 15) is 4.79 Å². The molecule has 2 unspecified atom stereocenters. The molecule has 0 aliphatic carbocycles. The highest BCUT2D eigenvalue weighted by Crippen LogP contribution is 2.48. The van der Waals surface area contributed by atoms with Gasteiger partial charge in [0.15, 0.2) is 5.11 Å². The quantitative estimate of drug-likeness (QED) is 0.731. The molecule has 2 fully saturated rings. The van der Waals surface area contributed by atoms with Crippen LogP contribution >= 0.6 is 24.0 Å². The van der Waals surface area contributed by atoms with Crippen LogP contribution < -0.4 is 0 Å². The summed E-state index contributed by atoms with van der Waals surface area (Å²) >= 11 is 7.44. The molecule has 2 aliphatic rings. The van der Waals surface area contributed by atoms with E-state index in [0.29, 0.717) is 10.4 Å². The standard InChI is InChI=1S/C17H22N2OS2/c1-17(2)14(20)18(3)16(21)19-11-7-10-13(22-15(17)19)12-8-5-4-6-9-12/h4-6,8-9,13,15H,7,10-11H2,1-3H3. The molecule has 2 atom stereocenters. The largest absolute Gasteiger partial charge is 0.336 e. The molecule has 3 nitrogen and oxygen atoms in total. The summed E-state index contributed by atoms with van der Waals surface area (Å²) in [6.07, 6.45) is 2.22. The molecular weight excluding hydrogens is 312 g/mol. The van der Waals surface area contributed by atoms with E-state index < -0.39 is 5.41 Å². The highest BCUT2D eigenvalue weighted by molar-refractivity contribution is 8.00. The van der Waals surface area contributed by atoms with E-state index >= 15 is 0 Å². The molecule has 5 heteroatoms. The Morgan fingerprint density at radius 1 is 1.27 bits per heavy atom. The molecule has 0 radical (unpaired) electrons. The second kappa shape index (κ2) is 5.85. The SMILES string of the molecule is CN1C(=O)C(C)(C)C2SC(c3ccccc3)CCCN2C1=S. The summed E-state index contributed by atoms with van der Waals surface area (Å²) in [4.78, 5) is 16.6. The number of fused-ring (bicyclic) bond motifs is 1. The van der Waals surface area contributed by atoms with Crippen molar-refractivity contribution in [2.24, 2.45) is 5.41 Å². The Bertz CT molecular complexity index is 588. The molecule has 0 N–H and O–H groups in total. The Morgan fingerprint density at radius 2 is 1.95 bits per heavy atom. The predicted molar refractivity (Wildman–Crippen MR) is 95.7 cm³/mol. The maximum absolute atomic E-state index is 12.7. The number of thioether (sulfide) groups is 1. The van der Waals surface area contributed by atoms with E-state index in [0.717, 1.165) is 19.4 Å². The smallest absolute Gasteiger partial charge is 0.237 e. The summed E-state index contributed by atoms with van der Waals surface area (Å²) in [5, 5.41) is 1.21. The van der Waals surface area contributed by atoms with E-state index in [1.54, 1.807) is 11.9 Å². The number of rotatable bonds is 1. The average Bonchev–Trinajstić information content (AvgIpc) is 2.76. The molecule has 22 heavy (non-hydrogen) atoms. The Hall–Kier alpha value is -1.07. The van der Waals surface area contributed by atoms with Crippen LogP contribution in [-0.2, 0) is 4.79 Å². The summed E-state index contributed by atoms with van der Waals surface area (Å²) in [6, 6.07) is 10.6. The minimum atomic E-state index is -0.431. The van der Waals surface area contributed by atoms with Crippen LogP contribution in [0.5, 0.6) is 0 Å². The fourth-order valence-corrected chi connectivity index (χ4v) is 5.42. The molecule has 1 amide bonds. The lowest BCUT2D eigenvalue weighted by Crippen LogP contribution is -2.63. The summed E-state index contributed by atoms with van der Waals surface area (Å²) in [7, 11) is 1.80. The Balaban J connectivity index is 1.94. The van der Waals surface area contributed by atoms with Gasteiger partial charge in [0.05, 0.1) is 10.8 Å². The number of thiocarbonyl (C=S) groups is 1. The third-order valence-electron chi connectivity index (χ3n) is 4.62. The van der Waals surface area contributed by atoms with Crippen molar-refractivity contribution in [1.29, 1.82) is 0 Å². The lowest BCUT2D eigenvalue weighted by molar-refractivity contribution is -0.139. The number of hydrogen-bond acceptors (Lipinski definition) is 3. The van der Waals surface area contributed by atoms with Crippen molar-refractivity contribution in [2.75, 3.05) is 13.6 Å². The molecule has 2 saturated heterocycles. The molecule has 1 aromatic rings. The minimum absolute atomic E-state index is 0.108. The van der Waals surface area contributed by atoms with Gasteiger partial charge in [-0.05, 0) is 44.5 Å². The molecule has 0 spiro atoms. The summed E-state index contributed by atoms with van der Waals surface area (Å²) < 4.78 is 0. The van der Waals surface area contributed by atoms with Gasteiger partial charge in [-0.2, -0.15) is 0 Å². The third kappa shape index (κ3) is 2.54. The minimum Gasteiger partial charge on any atom is -0.336 e. The predicted octanol–water partition coefficient (Wildman–Crippen LogP) is 3.67. The fourth-order valence-electron chi connectivity index (χ4n) is 3.35. The maximum Gasteiger partial charge on any atom is 0.237 e. The number of carbonyl (C=O) groups excluding carboxylic acids is 1. The Labute approximate surface area is 142 Å². The third-order valence-corrected chi connectivity index (χ3v) is 7.07. The zero-order chi connectivity index (χ0) is 15.9. The summed E-state index contributed by atoms with van der Waals surface area (Å²) in [5.41, 5.74) is 0.918. The van der Waals surface area contributed by atoms with Gasteiger partial charge in [0, 0.05) is 18.8 Å². The van der Waals surface area contributed by atoms with Crippen LogP contribution in [-0.4, -0.2) is 39.8 Å². The van der Waals surface area contributed by atoms with Crippen molar-refractivity contribution in [3.63, 3.8) is 0 Å². The molecule has 2 aliphatic heterocycles. The van der Waals surface area contributed by atoms with Gasteiger partial charge in [0.1, 0.15) is 0 Å². The van der Waals surface area contributed by atoms with Crippen LogP contribution in [0.25, 0.3) is 0 Å². The van der Waals surface area contributed by atoms with Gasteiger partial charge in [-0.25, -0.2) is 0 Å². The molecule has 0 bridgehead atoms. The topological polar surface area (TPSA) is 23.6 Å². The maximum atomic E-state index is 12.7. The van der Waals surface area contributed by atoms with Crippen LogP contribution in [0.4, 0.5) is 0 Å². The second-order valence-corrected chi connectivity index (χ2v) is 8.24. The van der Waals surface area contributed by atoms with Gasteiger partial charge < -0.3 is 4.90 Å². The Kier molecular flexibility index (Phi) is 4.21. The van der Waals surface area contributed by atoms with Crippen LogP contribution in [0.1, 0.15) is 37.5 Å². The fraction of sp³-hybridized carbons (Fsp3) is 0.529. The number of nitrogens with zero attached hydrogens (tertiary/aromatic N) is 2. The van der Waals surface area contributed by atoms with Gasteiger partial charge >= 0.3 is 0 Å². The number of benzene rings is 1. The second-order valence-electron chi connectivity index (χ2n) is 6.59. The van der Waals surface area contributed by atoms with Crippen molar-refractivity contribution in [2.45, 2.75) is 37.3 Å². The highest BCUT2D eigenvalue weighted by atomic mass is 32.2. The van der Waals surface area contributed by atoms with Crippen molar-refractivity contribution in [3.05, 3.63) is 35.9 Å². The van der Waals surface area contributed by atoms with E-state index in [-0.39, 0.29) is 11.3 Å². The average molecular weight is 335 g/mol. The van der Waals surface area contributed by atoms with Crippen LogP contribution in [0.3, 0.4) is 0 Å². The Morgan fingerprint density at radius 3 is 2.64 bits per heavy atom. The monoisotopic (exact) mass is 334 g/mol. The number of hydrogen-bond donors (Lipinski definition) is 0. The number of carbonyl (C=O) groups is 1. The molecule has 0 aromatic heterocycles. The van der Waals surface area contributed by atoms with Crippen molar-refractivity contribution >= 4 is 35.0 Å². The van der Waals surface area contributed by atoms with Gasteiger partial charge in [-0.1, -0.05) is 30.3 Å². The van der Waals surface area contributed by atoms with Gasteiger partial charge in [0.25, 0.3) is 0 Å². The van der Waals surface area contributed by atoms with E-state index in [1.807, 2.05) is 25.6 Å². The first-order valence-electron chi connectivity index (χ1n) is 7.72. The van der Waals surface area contributed by atoms with Crippen molar-refractivity contribution in [1.82, 2.24) is 9.80 Å². The number of amides is 1. The van der Waals surface area contributed by atoms with E-state index in [4.69, 9.17) is 12.2 Å². The first-order chi connectivity index (χ1) is 10.4. The van der Waals surface area contributed by atoms with Gasteiger partial charge in [0.2, 0.25) is 5.91 Å². The van der Waals surface area contributed by atoms with Crippen LogP contribution in [0.15, 0.2) is 30.3 Å². The zero-order valence-electron chi connectivity index (χ0n) is 13.3. The summed E-state index contributed by atoms with van der Waals surface area (Å²) in [6.45, 7) is 5.03. The molecule has 2 heterocycles. The first kappa shape index (κ1) is 15.8. The molecule has 1 aromatic carbocycles. The molecule has 3 rings (SSSR count). The lowest BCUT2D eigenvalue weighted by Gasteiger charge is -2.49. The van der Waals surface area contributed by atoms with Gasteiger partial charge in [-0.15, -0.1) is 11.8 Å². The van der Waals surface area contributed by atoms with Crippen LogP contribution in [0, 0.1) is 5.41 Å². The lowest BCUT2D eigenvalue weighted by atomic mass is 9.88. The van der Waals surface area contributed by atoms with Crippen LogP contribution in [0.2, 0.25) is 0 Å². The summed E-state index contributed by atoms with van der Waals surface area (Å²) in [5.74, 6) is 0.125.